The molecular formula is C14H27NO. The Kier molecular flexibility index (Phi) is 3.33. The highest BCUT2D eigenvalue weighted by Gasteiger charge is 2.46. The highest BCUT2D eigenvalue weighted by molar-refractivity contribution is 4.98. The molecule has 16 heavy (non-hydrogen) atoms. The average molecular weight is 225 g/mol. The Morgan fingerprint density at radius 2 is 1.75 bits per heavy atom. The van der Waals surface area contributed by atoms with E-state index in [-0.39, 0.29) is 11.2 Å². The monoisotopic (exact) mass is 225 g/mol. The second-order valence-electron chi connectivity index (χ2n) is 6.47. The van der Waals surface area contributed by atoms with E-state index in [9.17, 15) is 0 Å². The molecule has 1 N–H and O–H groups in total. The van der Waals surface area contributed by atoms with Crippen molar-refractivity contribution in [3.63, 3.8) is 0 Å². The molecule has 0 radical (unpaired) electrons. The molecule has 0 aromatic carbocycles. The number of rotatable bonds is 2. The topological polar surface area (TPSA) is 21.3 Å². The summed E-state index contributed by atoms with van der Waals surface area (Å²) in [6.07, 6.45) is 5.49. The van der Waals surface area contributed by atoms with Gasteiger partial charge in [-0.2, -0.15) is 0 Å². The Bertz CT molecular complexity index is 247. The number of hydrogen-bond donors (Lipinski definition) is 1. The lowest BCUT2D eigenvalue weighted by atomic mass is 9.82. The first-order chi connectivity index (χ1) is 7.46. The van der Waals surface area contributed by atoms with E-state index in [1.54, 1.807) is 0 Å². The Hall–Kier alpha value is -0.0800. The summed E-state index contributed by atoms with van der Waals surface area (Å²) in [4.78, 5) is 0. The van der Waals surface area contributed by atoms with E-state index in [1.165, 1.54) is 25.7 Å². The molecule has 2 heteroatoms. The molecule has 2 unspecified atom stereocenters. The van der Waals surface area contributed by atoms with Gasteiger partial charge in [0.1, 0.15) is 0 Å². The second-order valence-corrected chi connectivity index (χ2v) is 6.47. The van der Waals surface area contributed by atoms with Gasteiger partial charge in [-0.05, 0) is 38.5 Å². The van der Waals surface area contributed by atoms with Gasteiger partial charge in [-0.3, -0.25) is 0 Å². The molecular weight excluding hydrogens is 198 g/mol. The Morgan fingerprint density at radius 3 is 2.31 bits per heavy atom. The zero-order valence-corrected chi connectivity index (χ0v) is 11.3. The Balaban J connectivity index is 2.10. The average Bonchev–Trinajstić information content (AvgIpc) is 2.70. The van der Waals surface area contributed by atoms with Crippen molar-refractivity contribution < 1.29 is 4.74 Å². The second kappa shape index (κ2) is 4.30. The van der Waals surface area contributed by atoms with Crippen LogP contribution in [-0.4, -0.2) is 24.3 Å². The molecule has 2 rings (SSSR count). The van der Waals surface area contributed by atoms with Crippen LogP contribution >= 0.6 is 0 Å². The molecule has 2 fully saturated rings. The summed E-state index contributed by atoms with van der Waals surface area (Å²) in [5.74, 6) is 1.33. The van der Waals surface area contributed by atoms with E-state index in [2.05, 4.69) is 33.0 Å². The van der Waals surface area contributed by atoms with Gasteiger partial charge >= 0.3 is 0 Å². The van der Waals surface area contributed by atoms with Crippen molar-refractivity contribution in [3.05, 3.63) is 0 Å². The van der Waals surface area contributed by atoms with Crippen LogP contribution in [0, 0.1) is 11.8 Å². The molecule has 1 saturated carbocycles. The smallest absolute Gasteiger partial charge is 0.0814 e. The van der Waals surface area contributed by atoms with E-state index < -0.39 is 0 Å². The van der Waals surface area contributed by atoms with Crippen molar-refractivity contribution >= 4 is 0 Å². The first-order valence-corrected chi connectivity index (χ1v) is 6.87. The molecule has 1 saturated heterocycles. The van der Waals surface area contributed by atoms with Gasteiger partial charge in [-0.1, -0.05) is 26.7 Å². The molecule has 0 spiro atoms. The number of morpholine rings is 1. The normalized spacial score (nSPS) is 41.8. The molecule has 1 aliphatic carbocycles. The van der Waals surface area contributed by atoms with Crippen LogP contribution in [0.2, 0.25) is 0 Å². The standard InChI is InChI=1S/C14H27NO/c1-11(2)13(3)9-15-10-14(4,16-13)12-7-5-6-8-12/h11-12,15H,5-10H2,1-4H3. The van der Waals surface area contributed by atoms with Crippen molar-refractivity contribution in [1.82, 2.24) is 5.32 Å². The summed E-state index contributed by atoms with van der Waals surface area (Å²) >= 11 is 0. The summed E-state index contributed by atoms with van der Waals surface area (Å²) in [5, 5.41) is 3.60. The van der Waals surface area contributed by atoms with E-state index in [1.807, 2.05) is 0 Å². The van der Waals surface area contributed by atoms with Gasteiger partial charge in [0, 0.05) is 13.1 Å². The van der Waals surface area contributed by atoms with Gasteiger partial charge in [-0.15, -0.1) is 0 Å². The SMILES string of the molecule is CC(C)C1(C)CNCC(C)(C2CCCC2)O1. The van der Waals surface area contributed by atoms with Crippen LogP contribution < -0.4 is 5.32 Å². The van der Waals surface area contributed by atoms with Crippen LogP contribution in [0.25, 0.3) is 0 Å². The van der Waals surface area contributed by atoms with Crippen LogP contribution in [0.3, 0.4) is 0 Å². The van der Waals surface area contributed by atoms with Crippen molar-refractivity contribution in [2.45, 2.75) is 64.6 Å². The molecule has 94 valence electrons. The van der Waals surface area contributed by atoms with Crippen molar-refractivity contribution in [2.24, 2.45) is 11.8 Å². The Labute approximate surface area is 100 Å². The first-order valence-electron chi connectivity index (χ1n) is 6.87. The van der Waals surface area contributed by atoms with Gasteiger partial charge in [0.15, 0.2) is 0 Å². The van der Waals surface area contributed by atoms with E-state index in [0.717, 1.165) is 19.0 Å². The molecule has 2 atom stereocenters. The van der Waals surface area contributed by atoms with Gasteiger partial charge in [0.2, 0.25) is 0 Å². The van der Waals surface area contributed by atoms with Crippen LogP contribution in [0.5, 0.6) is 0 Å². The summed E-state index contributed by atoms with van der Waals surface area (Å²) in [7, 11) is 0. The zero-order valence-electron chi connectivity index (χ0n) is 11.3. The van der Waals surface area contributed by atoms with Crippen LogP contribution in [0.15, 0.2) is 0 Å². The maximum atomic E-state index is 6.54. The highest BCUT2D eigenvalue weighted by Crippen LogP contribution is 2.41. The van der Waals surface area contributed by atoms with Crippen molar-refractivity contribution in [2.75, 3.05) is 13.1 Å². The summed E-state index contributed by atoms with van der Waals surface area (Å²) < 4.78 is 6.54. The molecule has 0 aromatic heterocycles. The maximum Gasteiger partial charge on any atom is 0.0814 e. The highest BCUT2D eigenvalue weighted by atomic mass is 16.5. The molecule has 2 nitrogen and oxygen atoms in total. The lowest BCUT2D eigenvalue weighted by molar-refractivity contribution is -0.202. The van der Waals surface area contributed by atoms with Gasteiger partial charge in [-0.25, -0.2) is 0 Å². The molecule has 0 amide bonds. The molecule has 1 heterocycles. The third-order valence-electron chi connectivity index (χ3n) is 4.86. The maximum absolute atomic E-state index is 6.54. The lowest BCUT2D eigenvalue weighted by Gasteiger charge is -2.50. The largest absolute Gasteiger partial charge is 0.366 e. The third-order valence-corrected chi connectivity index (χ3v) is 4.86. The number of ether oxygens (including phenoxy) is 1. The number of hydrogen-bond acceptors (Lipinski definition) is 2. The molecule has 0 aromatic rings. The first kappa shape index (κ1) is 12.4. The lowest BCUT2D eigenvalue weighted by Crippen LogP contribution is -2.62. The third kappa shape index (κ3) is 2.14. The fourth-order valence-electron chi connectivity index (χ4n) is 3.25. The predicted octanol–water partition coefficient (Wildman–Crippen LogP) is 2.97. The minimum absolute atomic E-state index is 0.00951. The fraction of sp³-hybridized carbons (Fsp3) is 1.00. The summed E-state index contributed by atoms with van der Waals surface area (Å²) in [5.41, 5.74) is 0.0728. The van der Waals surface area contributed by atoms with Crippen molar-refractivity contribution in [1.29, 1.82) is 0 Å². The number of nitrogens with one attached hydrogen (secondary N) is 1. The molecule has 0 bridgehead atoms. The summed E-state index contributed by atoms with van der Waals surface area (Å²) in [6.45, 7) is 11.1. The van der Waals surface area contributed by atoms with Gasteiger partial charge in [0.05, 0.1) is 11.2 Å². The van der Waals surface area contributed by atoms with Gasteiger partial charge in [0.25, 0.3) is 0 Å². The van der Waals surface area contributed by atoms with E-state index >= 15 is 0 Å². The van der Waals surface area contributed by atoms with Crippen molar-refractivity contribution in [3.8, 4) is 0 Å². The van der Waals surface area contributed by atoms with Gasteiger partial charge < -0.3 is 10.1 Å². The quantitative estimate of drug-likeness (QED) is 0.780. The zero-order chi connectivity index (χ0) is 11.8. The fourth-order valence-corrected chi connectivity index (χ4v) is 3.25. The van der Waals surface area contributed by atoms with Crippen LogP contribution in [-0.2, 0) is 4.74 Å². The molecule has 1 aliphatic heterocycles. The van der Waals surface area contributed by atoms with E-state index in [4.69, 9.17) is 4.74 Å². The Morgan fingerprint density at radius 1 is 1.12 bits per heavy atom. The minimum Gasteiger partial charge on any atom is -0.366 e. The van der Waals surface area contributed by atoms with Crippen LogP contribution in [0.1, 0.15) is 53.4 Å². The van der Waals surface area contributed by atoms with Crippen LogP contribution in [0.4, 0.5) is 0 Å². The van der Waals surface area contributed by atoms with E-state index in [0.29, 0.717) is 5.92 Å². The summed E-state index contributed by atoms with van der Waals surface area (Å²) in [6, 6.07) is 0. The predicted molar refractivity (Wildman–Crippen MR) is 67.6 cm³/mol. The molecule has 2 aliphatic rings. The minimum atomic E-state index is 0.00951.